The zero-order chi connectivity index (χ0) is 20.2. The van der Waals surface area contributed by atoms with Crippen molar-refractivity contribution in [2.24, 2.45) is 4.99 Å². The van der Waals surface area contributed by atoms with Crippen LogP contribution in [0.2, 0.25) is 0 Å². The molecule has 2 N–H and O–H groups in total. The quantitative estimate of drug-likeness (QED) is 0.341. The molecule has 0 spiro atoms. The third kappa shape index (κ3) is 7.86. The first-order valence-electron chi connectivity index (χ1n) is 10.1. The average Bonchev–Trinajstić information content (AvgIpc) is 3.10. The second kappa shape index (κ2) is 12.4. The van der Waals surface area contributed by atoms with Crippen LogP contribution in [0.5, 0.6) is 0 Å². The van der Waals surface area contributed by atoms with E-state index in [9.17, 15) is 4.79 Å². The van der Waals surface area contributed by atoms with Gasteiger partial charge in [0, 0.05) is 66.5 Å². The molecule has 1 aromatic carbocycles. The Hall–Kier alpha value is -2.12. The van der Waals surface area contributed by atoms with Gasteiger partial charge in [-0.25, -0.2) is 0 Å². The molecule has 1 aliphatic rings. The zero-order valence-corrected chi connectivity index (χ0v) is 17.5. The number of nitrogens with zero attached hydrogens (tertiary/aromatic N) is 3. The van der Waals surface area contributed by atoms with Crippen molar-refractivity contribution in [3.8, 4) is 0 Å². The molecule has 0 bridgehead atoms. The van der Waals surface area contributed by atoms with Gasteiger partial charge in [0.1, 0.15) is 0 Å². The van der Waals surface area contributed by atoms with Gasteiger partial charge in [-0.1, -0.05) is 24.3 Å². The first kappa shape index (κ1) is 22.2. The number of aliphatic imine (C=N–C) groups is 1. The number of carbonyl (C=O) groups is 1. The first-order chi connectivity index (χ1) is 13.6. The normalized spacial score (nSPS) is 14.8. The molecule has 28 heavy (non-hydrogen) atoms. The van der Waals surface area contributed by atoms with Crippen molar-refractivity contribution in [3.05, 3.63) is 35.4 Å². The minimum Gasteiger partial charge on any atom is -0.385 e. The van der Waals surface area contributed by atoms with Crippen LogP contribution in [0.1, 0.15) is 30.4 Å². The molecule has 1 saturated heterocycles. The largest absolute Gasteiger partial charge is 0.385 e. The third-order valence-corrected chi connectivity index (χ3v) is 4.93. The van der Waals surface area contributed by atoms with Gasteiger partial charge in [0.05, 0.1) is 0 Å². The molecule has 2 rings (SSSR count). The van der Waals surface area contributed by atoms with Gasteiger partial charge in [0.15, 0.2) is 5.96 Å². The highest BCUT2D eigenvalue weighted by atomic mass is 16.5. The maximum atomic E-state index is 11.7. The van der Waals surface area contributed by atoms with E-state index in [-0.39, 0.29) is 5.91 Å². The van der Waals surface area contributed by atoms with E-state index in [2.05, 4.69) is 51.8 Å². The number of likely N-dealkylation sites (tertiary alicyclic amines) is 1. The summed E-state index contributed by atoms with van der Waals surface area (Å²) >= 11 is 0. The van der Waals surface area contributed by atoms with E-state index in [1.165, 1.54) is 11.1 Å². The lowest BCUT2D eigenvalue weighted by molar-refractivity contribution is -0.128. The zero-order valence-electron chi connectivity index (χ0n) is 17.5. The number of methoxy groups -OCH3 is 1. The number of nitrogens with one attached hydrogen (secondary N) is 2. The number of amides is 1. The fourth-order valence-electron chi connectivity index (χ4n) is 3.22. The molecule has 0 aromatic heterocycles. The van der Waals surface area contributed by atoms with Gasteiger partial charge in [0.2, 0.25) is 5.91 Å². The smallest absolute Gasteiger partial charge is 0.222 e. The Morgan fingerprint density at radius 3 is 2.61 bits per heavy atom. The van der Waals surface area contributed by atoms with E-state index in [1.54, 1.807) is 14.2 Å². The topological polar surface area (TPSA) is 69.2 Å². The van der Waals surface area contributed by atoms with Crippen LogP contribution in [0.3, 0.4) is 0 Å². The van der Waals surface area contributed by atoms with Crippen LogP contribution in [0, 0.1) is 0 Å². The van der Waals surface area contributed by atoms with E-state index in [1.807, 2.05) is 4.90 Å². The molecular formula is C21H35N5O2. The summed E-state index contributed by atoms with van der Waals surface area (Å²) in [6.07, 6.45) is 2.72. The molecule has 0 atom stereocenters. The Bertz CT molecular complexity index is 618. The number of guanidine groups is 1. The number of rotatable bonds is 11. The van der Waals surface area contributed by atoms with Gasteiger partial charge in [-0.3, -0.25) is 9.79 Å². The van der Waals surface area contributed by atoms with Crippen molar-refractivity contribution in [1.82, 2.24) is 20.4 Å². The average molecular weight is 390 g/mol. The van der Waals surface area contributed by atoms with Crippen LogP contribution >= 0.6 is 0 Å². The highest BCUT2D eigenvalue weighted by Crippen LogP contribution is 2.14. The molecule has 7 nitrogen and oxygen atoms in total. The summed E-state index contributed by atoms with van der Waals surface area (Å²) in [5.74, 6) is 1.07. The Labute approximate surface area is 169 Å². The van der Waals surface area contributed by atoms with Crippen LogP contribution in [0.15, 0.2) is 29.3 Å². The molecule has 1 amide bonds. The summed E-state index contributed by atoms with van der Waals surface area (Å²) in [4.78, 5) is 20.2. The molecule has 0 radical (unpaired) electrons. The van der Waals surface area contributed by atoms with Crippen molar-refractivity contribution < 1.29 is 9.53 Å². The van der Waals surface area contributed by atoms with Crippen LogP contribution in [0.25, 0.3) is 0 Å². The van der Waals surface area contributed by atoms with Gasteiger partial charge in [-0.05, 0) is 31.0 Å². The second-order valence-electron chi connectivity index (χ2n) is 7.24. The van der Waals surface area contributed by atoms with Crippen molar-refractivity contribution >= 4 is 11.9 Å². The molecule has 1 fully saturated rings. The van der Waals surface area contributed by atoms with Gasteiger partial charge in [-0.15, -0.1) is 0 Å². The maximum Gasteiger partial charge on any atom is 0.222 e. The molecule has 0 unspecified atom stereocenters. The molecule has 7 heteroatoms. The maximum absolute atomic E-state index is 11.7. The predicted molar refractivity (Wildman–Crippen MR) is 113 cm³/mol. The fraction of sp³-hybridized carbons (Fsp3) is 0.619. The molecule has 156 valence electrons. The van der Waals surface area contributed by atoms with Gasteiger partial charge in [-0.2, -0.15) is 0 Å². The molecule has 0 aliphatic carbocycles. The number of hydrogen-bond acceptors (Lipinski definition) is 4. The fourth-order valence-corrected chi connectivity index (χ4v) is 3.22. The lowest BCUT2D eigenvalue weighted by atomic mass is 10.1. The highest BCUT2D eigenvalue weighted by molar-refractivity contribution is 5.79. The first-order valence-corrected chi connectivity index (χ1v) is 10.1. The monoisotopic (exact) mass is 389 g/mol. The third-order valence-electron chi connectivity index (χ3n) is 4.93. The Morgan fingerprint density at radius 2 is 1.96 bits per heavy atom. The van der Waals surface area contributed by atoms with E-state index < -0.39 is 0 Å². The van der Waals surface area contributed by atoms with E-state index >= 15 is 0 Å². The Balaban J connectivity index is 1.67. The summed E-state index contributed by atoms with van der Waals surface area (Å²) < 4.78 is 5.08. The molecule has 0 saturated carbocycles. The van der Waals surface area contributed by atoms with Gasteiger partial charge in [0.25, 0.3) is 0 Å². The number of likely N-dealkylation sites (N-methyl/N-ethyl adjacent to an activating group) is 1. The van der Waals surface area contributed by atoms with Gasteiger partial charge >= 0.3 is 0 Å². The molecule has 1 aliphatic heterocycles. The van der Waals surface area contributed by atoms with Crippen molar-refractivity contribution in [2.45, 2.75) is 32.4 Å². The highest BCUT2D eigenvalue weighted by Gasteiger charge is 2.19. The summed E-state index contributed by atoms with van der Waals surface area (Å²) in [6.45, 7) is 5.93. The SMILES string of the molecule is CN=C(NCCN(C)CCCOC)NCc1ccc(CN2CCCC2=O)cc1. The van der Waals surface area contributed by atoms with Crippen molar-refractivity contribution in [3.63, 3.8) is 0 Å². The lowest BCUT2D eigenvalue weighted by Crippen LogP contribution is -2.40. The number of carbonyl (C=O) groups excluding carboxylic acids is 1. The van der Waals surface area contributed by atoms with Gasteiger partial charge < -0.3 is 25.2 Å². The Kier molecular flexibility index (Phi) is 9.79. The minimum atomic E-state index is 0.268. The molecule has 1 aromatic rings. The molecule has 1 heterocycles. The van der Waals surface area contributed by atoms with Crippen molar-refractivity contribution in [1.29, 1.82) is 0 Å². The second-order valence-corrected chi connectivity index (χ2v) is 7.24. The summed E-state index contributed by atoms with van der Waals surface area (Å²) in [5, 5.41) is 6.69. The number of hydrogen-bond donors (Lipinski definition) is 2. The van der Waals surface area contributed by atoms with Crippen molar-refractivity contribution in [2.75, 3.05) is 54.0 Å². The summed E-state index contributed by atoms with van der Waals surface area (Å²) in [5.41, 5.74) is 2.37. The van der Waals surface area contributed by atoms with Crippen LogP contribution in [-0.2, 0) is 22.6 Å². The summed E-state index contributed by atoms with van der Waals surface area (Å²) in [6, 6.07) is 8.43. The van der Waals surface area contributed by atoms with Crippen LogP contribution in [0.4, 0.5) is 0 Å². The number of benzene rings is 1. The van der Waals surface area contributed by atoms with Crippen LogP contribution < -0.4 is 10.6 Å². The standard InChI is InChI=1S/C21H35N5O2/c1-22-21(23-11-14-25(2)12-5-15-28-3)24-16-18-7-9-19(10-8-18)17-26-13-4-6-20(26)27/h7-10H,4-6,11-17H2,1-3H3,(H2,22,23,24). The van der Waals surface area contributed by atoms with E-state index in [4.69, 9.17) is 4.74 Å². The molecular weight excluding hydrogens is 354 g/mol. The minimum absolute atomic E-state index is 0.268. The Morgan fingerprint density at radius 1 is 1.21 bits per heavy atom. The summed E-state index contributed by atoms with van der Waals surface area (Å²) in [7, 11) is 5.64. The predicted octanol–water partition coefficient (Wildman–Crippen LogP) is 1.44. The number of ether oxygens (including phenoxy) is 1. The van der Waals surface area contributed by atoms with Crippen LogP contribution in [-0.4, -0.2) is 75.7 Å². The lowest BCUT2D eigenvalue weighted by Gasteiger charge is -2.18. The van der Waals surface area contributed by atoms with E-state index in [0.29, 0.717) is 19.5 Å². The van der Waals surface area contributed by atoms with E-state index in [0.717, 1.165) is 51.6 Å².